The highest BCUT2D eigenvalue weighted by molar-refractivity contribution is 7.13. The maximum absolute atomic E-state index is 13.1. The summed E-state index contributed by atoms with van der Waals surface area (Å²) in [5.41, 5.74) is 2.14. The van der Waals surface area contributed by atoms with Gasteiger partial charge in [-0.3, -0.25) is 4.79 Å². The molecule has 1 amide bonds. The number of nitrogens with zero attached hydrogens (tertiary/aromatic N) is 2. The van der Waals surface area contributed by atoms with Crippen molar-refractivity contribution >= 4 is 17.2 Å². The van der Waals surface area contributed by atoms with Gasteiger partial charge in [-0.25, -0.2) is 4.68 Å². The molecule has 4 aromatic rings. The van der Waals surface area contributed by atoms with Crippen molar-refractivity contribution in [1.82, 2.24) is 15.1 Å². The molecular weight excluding hydrogens is 384 g/mol. The van der Waals surface area contributed by atoms with Crippen LogP contribution in [0.1, 0.15) is 22.3 Å². The van der Waals surface area contributed by atoms with Crippen molar-refractivity contribution in [3.63, 3.8) is 0 Å². The largest absolute Gasteiger partial charge is 0.463 e. The predicted molar refractivity (Wildman–Crippen MR) is 113 cm³/mol. The van der Waals surface area contributed by atoms with Gasteiger partial charge in [-0.05, 0) is 41.8 Å². The van der Waals surface area contributed by atoms with E-state index in [0.717, 1.165) is 22.0 Å². The molecule has 7 heteroatoms. The van der Waals surface area contributed by atoms with Crippen LogP contribution in [0.5, 0.6) is 0 Å². The number of benzene rings is 1. The number of thiophene rings is 1. The van der Waals surface area contributed by atoms with E-state index >= 15 is 0 Å². The van der Waals surface area contributed by atoms with E-state index < -0.39 is 0 Å². The number of likely N-dealkylation sites (N-methyl/N-ethyl adjacent to an activating group) is 1. The van der Waals surface area contributed by atoms with Gasteiger partial charge in [0.15, 0.2) is 11.8 Å². The minimum Gasteiger partial charge on any atom is -0.463 e. The third kappa shape index (κ3) is 4.16. The summed E-state index contributed by atoms with van der Waals surface area (Å²) in [7, 11) is 4.09. The lowest BCUT2D eigenvalue weighted by molar-refractivity contribution is -0.891. The molecule has 3 heterocycles. The minimum absolute atomic E-state index is 0.0267. The monoisotopic (exact) mass is 407 g/mol. The van der Waals surface area contributed by atoms with Crippen molar-refractivity contribution in [2.45, 2.75) is 6.04 Å². The number of aromatic nitrogens is 2. The first-order valence-electron chi connectivity index (χ1n) is 9.44. The fourth-order valence-corrected chi connectivity index (χ4v) is 3.90. The van der Waals surface area contributed by atoms with Crippen LogP contribution in [-0.4, -0.2) is 36.3 Å². The molecule has 4 rings (SSSR count). The molecule has 0 aliphatic heterocycles. The molecule has 29 heavy (non-hydrogen) atoms. The van der Waals surface area contributed by atoms with E-state index in [2.05, 4.69) is 5.32 Å². The number of hydrogen-bond donors (Lipinski definition) is 2. The van der Waals surface area contributed by atoms with Crippen molar-refractivity contribution in [2.75, 3.05) is 20.6 Å². The van der Waals surface area contributed by atoms with Gasteiger partial charge >= 0.3 is 0 Å². The smallest absolute Gasteiger partial charge is 0.270 e. The van der Waals surface area contributed by atoms with Crippen LogP contribution in [-0.2, 0) is 0 Å². The van der Waals surface area contributed by atoms with Crippen molar-refractivity contribution in [3.8, 4) is 16.3 Å². The summed E-state index contributed by atoms with van der Waals surface area (Å²) in [6.45, 7) is 0.461. The van der Waals surface area contributed by atoms with Crippen LogP contribution in [0.15, 0.2) is 76.7 Å². The molecule has 0 bridgehead atoms. The van der Waals surface area contributed by atoms with E-state index in [1.165, 1.54) is 4.90 Å². The quantitative estimate of drug-likeness (QED) is 0.495. The van der Waals surface area contributed by atoms with E-state index in [0.29, 0.717) is 12.2 Å². The van der Waals surface area contributed by atoms with Crippen LogP contribution in [0.3, 0.4) is 0 Å². The van der Waals surface area contributed by atoms with Crippen molar-refractivity contribution in [1.29, 1.82) is 0 Å². The molecule has 0 saturated heterocycles. The maximum Gasteiger partial charge on any atom is 0.270 e. The third-order valence-electron chi connectivity index (χ3n) is 4.77. The average Bonchev–Trinajstić information content (AvgIpc) is 3.49. The Kier molecular flexibility index (Phi) is 5.59. The highest BCUT2D eigenvalue weighted by Crippen LogP contribution is 2.25. The van der Waals surface area contributed by atoms with Crippen LogP contribution < -0.4 is 10.2 Å². The maximum atomic E-state index is 13.1. The molecule has 1 atom stereocenters. The molecule has 1 aromatic carbocycles. The SMILES string of the molecule is C[NH+](C)[C@H](CNC(=O)c1cc(-c2cccs2)nn1-c1ccccc1)c1ccco1. The fraction of sp³-hybridized carbons (Fsp3) is 0.182. The zero-order chi connectivity index (χ0) is 20.2. The Morgan fingerprint density at radius 3 is 2.66 bits per heavy atom. The summed E-state index contributed by atoms with van der Waals surface area (Å²) in [6.07, 6.45) is 1.66. The van der Waals surface area contributed by atoms with Crippen LogP contribution >= 0.6 is 11.3 Å². The van der Waals surface area contributed by atoms with Crippen molar-refractivity contribution in [2.24, 2.45) is 0 Å². The van der Waals surface area contributed by atoms with Crippen molar-refractivity contribution in [3.05, 3.63) is 83.8 Å². The number of carbonyl (C=O) groups excluding carboxylic acids is 1. The Balaban J connectivity index is 1.62. The summed E-state index contributed by atoms with van der Waals surface area (Å²) in [5.74, 6) is 0.683. The molecule has 0 aliphatic carbocycles. The van der Waals surface area contributed by atoms with Crippen molar-refractivity contribution < 1.29 is 14.1 Å². The van der Waals surface area contributed by atoms with Gasteiger partial charge in [-0.15, -0.1) is 11.3 Å². The van der Waals surface area contributed by atoms with Gasteiger partial charge in [0.1, 0.15) is 11.4 Å². The van der Waals surface area contributed by atoms with Gasteiger partial charge in [0.05, 0.1) is 37.5 Å². The third-order valence-corrected chi connectivity index (χ3v) is 5.66. The molecule has 6 nitrogen and oxygen atoms in total. The number of amides is 1. The molecule has 148 valence electrons. The lowest BCUT2D eigenvalue weighted by atomic mass is 10.2. The average molecular weight is 408 g/mol. The molecule has 0 fully saturated rings. The van der Waals surface area contributed by atoms with E-state index in [9.17, 15) is 4.79 Å². The summed E-state index contributed by atoms with van der Waals surface area (Å²) in [6, 6.07) is 19.4. The molecular formula is C22H23N4O2S+. The van der Waals surface area contributed by atoms with Gasteiger partial charge in [0.2, 0.25) is 0 Å². The lowest BCUT2D eigenvalue weighted by Gasteiger charge is -2.19. The first-order valence-corrected chi connectivity index (χ1v) is 10.3. The standard InChI is InChI=1S/C22H22N4O2S/c1-25(2)19(20-10-6-12-28-20)15-23-22(27)18-14-17(21-11-7-13-29-21)24-26(18)16-8-4-3-5-9-16/h3-14,19H,15H2,1-2H3,(H,23,27)/p+1/t19-/m1/s1. The number of para-hydroxylation sites is 1. The Hall–Kier alpha value is -3.16. The number of hydrogen-bond acceptors (Lipinski definition) is 4. The summed E-state index contributed by atoms with van der Waals surface area (Å²) < 4.78 is 7.26. The van der Waals surface area contributed by atoms with Gasteiger partial charge in [0.25, 0.3) is 5.91 Å². The van der Waals surface area contributed by atoms with Crippen LogP contribution in [0.4, 0.5) is 0 Å². The van der Waals surface area contributed by atoms with Crippen LogP contribution in [0.2, 0.25) is 0 Å². The number of quaternary nitrogens is 1. The van der Waals surface area contributed by atoms with E-state index in [1.54, 1.807) is 22.3 Å². The second-order valence-electron chi connectivity index (χ2n) is 6.99. The highest BCUT2D eigenvalue weighted by Gasteiger charge is 2.24. The van der Waals surface area contributed by atoms with Crippen LogP contribution in [0.25, 0.3) is 16.3 Å². The number of nitrogens with one attached hydrogen (secondary N) is 2. The van der Waals surface area contributed by atoms with Gasteiger partial charge in [-0.2, -0.15) is 5.10 Å². The first kappa shape index (κ1) is 19.2. The zero-order valence-corrected chi connectivity index (χ0v) is 17.1. The van der Waals surface area contributed by atoms with E-state index in [-0.39, 0.29) is 11.9 Å². The lowest BCUT2D eigenvalue weighted by Crippen LogP contribution is -3.07. The summed E-state index contributed by atoms with van der Waals surface area (Å²) in [5, 5.41) is 9.76. The second kappa shape index (κ2) is 8.46. The zero-order valence-electron chi connectivity index (χ0n) is 16.3. The molecule has 0 radical (unpaired) electrons. The number of rotatable bonds is 7. The second-order valence-corrected chi connectivity index (χ2v) is 7.94. The first-order chi connectivity index (χ1) is 14.1. The summed E-state index contributed by atoms with van der Waals surface area (Å²) in [4.78, 5) is 15.3. The molecule has 2 N–H and O–H groups in total. The van der Waals surface area contributed by atoms with Gasteiger partial charge in [-0.1, -0.05) is 24.3 Å². The molecule has 0 aliphatic rings. The van der Waals surface area contributed by atoms with Crippen LogP contribution in [0, 0.1) is 0 Å². The Morgan fingerprint density at radius 2 is 2.00 bits per heavy atom. The number of carbonyl (C=O) groups is 1. The Labute approximate surface area is 173 Å². The van der Waals surface area contributed by atoms with Gasteiger partial charge in [0, 0.05) is 0 Å². The normalized spacial score (nSPS) is 12.2. The Bertz CT molecular complexity index is 1050. The predicted octanol–water partition coefficient (Wildman–Crippen LogP) is 2.81. The molecule has 0 spiro atoms. The Morgan fingerprint density at radius 1 is 1.17 bits per heavy atom. The number of furan rings is 1. The summed E-state index contributed by atoms with van der Waals surface area (Å²) >= 11 is 1.60. The minimum atomic E-state index is -0.165. The molecule has 3 aromatic heterocycles. The van der Waals surface area contributed by atoms with E-state index in [4.69, 9.17) is 9.52 Å². The fourth-order valence-electron chi connectivity index (χ4n) is 3.22. The molecule has 0 unspecified atom stereocenters. The molecule has 0 saturated carbocycles. The van der Waals surface area contributed by atoms with E-state index in [1.807, 2.05) is 80.1 Å². The highest BCUT2D eigenvalue weighted by atomic mass is 32.1. The van der Waals surface area contributed by atoms with Gasteiger partial charge < -0.3 is 14.6 Å². The topological polar surface area (TPSA) is 64.5 Å².